The van der Waals surface area contributed by atoms with Crippen LogP contribution in [0.25, 0.3) is 22.4 Å². The fourth-order valence-electron chi connectivity index (χ4n) is 3.85. The maximum absolute atomic E-state index is 13.4. The molecule has 2 aromatic heterocycles. The van der Waals surface area contributed by atoms with Gasteiger partial charge in [0.2, 0.25) is 10.7 Å². The number of rotatable bonds is 8. The third-order valence-corrected chi connectivity index (χ3v) is 6.53. The van der Waals surface area contributed by atoms with E-state index in [9.17, 15) is 4.79 Å². The van der Waals surface area contributed by atoms with Crippen LogP contribution in [0.4, 0.5) is 0 Å². The van der Waals surface area contributed by atoms with E-state index >= 15 is 0 Å². The van der Waals surface area contributed by atoms with Crippen LogP contribution in [-0.2, 0) is 6.61 Å². The van der Waals surface area contributed by atoms with Gasteiger partial charge in [0.1, 0.15) is 12.4 Å². The van der Waals surface area contributed by atoms with E-state index in [1.807, 2.05) is 60.7 Å². The fraction of sp³-hybridized carbons (Fsp3) is 0.148. The number of ether oxygens (including phenoxy) is 4. The molecule has 0 aliphatic rings. The maximum atomic E-state index is 13.4. The van der Waals surface area contributed by atoms with Gasteiger partial charge in [-0.25, -0.2) is 4.40 Å². The summed E-state index contributed by atoms with van der Waals surface area (Å²) in [4.78, 5) is 13.9. The molecule has 9 heteroatoms. The molecule has 0 amide bonds. The van der Waals surface area contributed by atoms with Gasteiger partial charge in [-0.1, -0.05) is 53.8 Å². The maximum Gasteiger partial charge on any atom is 0.276 e. The molecule has 0 aliphatic carbocycles. The van der Waals surface area contributed by atoms with Crippen LogP contribution in [0.2, 0.25) is 0 Å². The van der Waals surface area contributed by atoms with Gasteiger partial charge in [0, 0.05) is 5.56 Å². The summed E-state index contributed by atoms with van der Waals surface area (Å²) in [7, 11) is 4.61. The zero-order chi connectivity index (χ0) is 25.1. The summed E-state index contributed by atoms with van der Waals surface area (Å²) in [5.74, 6) is 2.50. The van der Waals surface area contributed by atoms with Crippen LogP contribution in [0.3, 0.4) is 0 Å². The molecule has 0 saturated heterocycles. The van der Waals surface area contributed by atoms with Gasteiger partial charge >= 0.3 is 0 Å². The number of hydrogen-bond donors (Lipinski definition) is 0. The number of aromatic nitrogens is 3. The second-order valence-electron chi connectivity index (χ2n) is 7.82. The third kappa shape index (κ3) is 4.48. The average Bonchev–Trinajstić information content (AvgIpc) is 3.47. The predicted octanol–water partition coefficient (Wildman–Crippen LogP) is 3.97. The largest absolute Gasteiger partial charge is 0.493 e. The molecule has 182 valence electrons. The summed E-state index contributed by atoms with van der Waals surface area (Å²) in [5, 5.41) is 8.47. The lowest BCUT2D eigenvalue weighted by molar-refractivity contribution is 0.306. The topological polar surface area (TPSA) is 84.2 Å². The van der Waals surface area contributed by atoms with Crippen LogP contribution in [0.1, 0.15) is 11.1 Å². The molecule has 0 fully saturated rings. The molecule has 0 spiro atoms. The number of thiazole rings is 1. The standard InChI is InChI=1S/C27H23N3O5S/c1-32-21-14-19(15-22(33-2)24(21)34-3)25-28-29-27-30(25)26(31)23(36-27)13-18-10-7-11-20(12-18)35-16-17-8-5-4-6-9-17/h4-15H,16H2,1-3H3/b23-13+. The minimum atomic E-state index is -0.209. The quantitative estimate of drug-likeness (QED) is 0.318. The predicted molar refractivity (Wildman–Crippen MR) is 138 cm³/mol. The smallest absolute Gasteiger partial charge is 0.276 e. The van der Waals surface area contributed by atoms with Gasteiger partial charge < -0.3 is 18.9 Å². The van der Waals surface area contributed by atoms with Crippen molar-refractivity contribution in [3.63, 3.8) is 0 Å². The van der Waals surface area contributed by atoms with E-state index in [-0.39, 0.29) is 5.56 Å². The summed E-state index contributed by atoms with van der Waals surface area (Å²) in [6.45, 7) is 0.466. The van der Waals surface area contributed by atoms with E-state index < -0.39 is 0 Å². The van der Waals surface area contributed by atoms with E-state index in [1.165, 1.54) is 37.1 Å². The van der Waals surface area contributed by atoms with Crippen molar-refractivity contribution in [3.05, 3.63) is 92.7 Å². The molecular weight excluding hydrogens is 478 g/mol. The molecule has 3 aromatic carbocycles. The molecule has 2 heterocycles. The first-order chi connectivity index (χ1) is 17.6. The number of fused-ring (bicyclic) bond motifs is 1. The zero-order valence-corrected chi connectivity index (χ0v) is 20.7. The Balaban J connectivity index is 1.51. The zero-order valence-electron chi connectivity index (χ0n) is 19.9. The molecule has 5 aromatic rings. The molecule has 0 radical (unpaired) electrons. The molecule has 5 rings (SSSR count). The van der Waals surface area contributed by atoms with Crippen molar-refractivity contribution < 1.29 is 18.9 Å². The highest BCUT2D eigenvalue weighted by molar-refractivity contribution is 7.15. The fourth-order valence-corrected chi connectivity index (χ4v) is 4.76. The second-order valence-corrected chi connectivity index (χ2v) is 8.83. The van der Waals surface area contributed by atoms with Gasteiger partial charge in [0.15, 0.2) is 17.3 Å². The van der Waals surface area contributed by atoms with Gasteiger partial charge in [0.25, 0.3) is 5.56 Å². The number of hydrogen-bond acceptors (Lipinski definition) is 8. The summed E-state index contributed by atoms with van der Waals surface area (Å²) in [6, 6.07) is 21.1. The molecular formula is C27H23N3O5S. The molecule has 0 unspecified atom stereocenters. The Labute approximate surface area is 211 Å². The van der Waals surface area contributed by atoms with Crippen molar-refractivity contribution in [2.75, 3.05) is 21.3 Å². The van der Waals surface area contributed by atoms with E-state index in [0.717, 1.165) is 16.9 Å². The summed E-state index contributed by atoms with van der Waals surface area (Å²) >= 11 is 1.27. The van der Waals surface area contributed by atoms with E-state index in [1.54, 1.807) is 12.1 Å². The normalized spacial score (nSPS) is 11.6. The van der Waals surface area contributed by atoms with Gasteiger partial charge in [-0.3, -0.25) is 4.79 Å². The van der Waals surface area contributed by atoms with Gasteiger partial charge in [-0.2, -0.15) is 0 Å². The van der Waals surface area contributed by atoms with Crippen LogP contribution < -0.4 is 29.0 Å². The monoisotopic (exact) mass is 501 g/mol. The highest BCUT2D eigenvalue weighted by Gasteiger charge is 2.19. The van der Waals surface area contributed by atoms with E-state index in [2.05, 4.69) is 10.2 Å². The first-order valence-corrected chi connectivity index (χ1v) is 11.9. The van der Waals surface area contributed by atoms with Crippen molar-refractivity contribution in [2.45, 2.75) is 6.61 Å². The van der Waals surface area contributed by atoms with Crippen LogP contribution in [-0.4, -0.2) is 35.9 Å². The van der Waals surface area contributed by atoms with Gasteiger partial charge in [-0.15, -0.1) is 10.2 Å². The Bertz CT molecular complexity index is 1600. The van der Waals surface area contributed by atoms with Crippen LogP contribution in [0, 0.1) is 0 Å². The molecule has 8 nitrogen and oxygen atoms in total. The van der Waals surface area contributed by atoms with Gasteiger partial charge in [-0.05, 0) is 41.5 Å². The highest BCUT2D eigenvalue weighted by Crippen LogP contribution is 2.40. The lowest BCUT2D eigenvalue weighted by atomic mass is 10.1. The van der Waals surface area contributed by atoms with Crippen LogP contribution in [0.15, 0.2) is 71.5 Å². The summed E-state index contributed by atoms with van der Waals surface area (Å²) < 4.78 is 24.2. The van der Waals surface area contributed by atoms with Crippen LogP contribution in [0.5, 0.6) is 23.0 Å². The minimum absolute atomic E-state index is 0.209. The molecule has 36 heavy (non-hydrogen) atoms. The van der Waals surface area contributed by atoms with Crippen molar-refractivity contribution in [2.24, 2.45) is 0 Å². The molecule has 0 N–H and O–H groups in total. The number of benzene rings is 3. The van der Waals surface area contributed by atoms with Crippen LogP contribution >= 0.6 is 11.3 Å². The Hall–Kier alpha value is -4.37. The third-order valence-electron chi connectivity index (χ3n) is 5.58. The molecule has 0 atom stereocenters. The number of methoxy groups -OCH3 is 3. The lowest BCUT2D eigenvalue weighted by Crippen LogP contribution is -2.23. The van der Waals surface area contributed by atoms with E-state index in [0.29, 0.717) is 44.7 Å². The van der Waals surface area contributed by atoms with Crippen molar-refractivity contribution >= 4 is 22.4 Å². The Morgan fingerprint density at radius 1 is 0.889 bits per heavy atom. The van der Waals surface area contributed by atoms with Crippen molar-refractivity contribution in [1.82, 2.24) is 14.6 Å². The average molecular weight is 502 g/mol. The van der Waals surface area contributed by atoms with E-state index in [4.69, 9.17) is 18.9 Å². The molecule has 0 bridgehead atoms. The first kappa shape index (κ1) is 23.4. The lowest BCUT2D eigenvalue weighted by Gasteiger charge is -2.13. The Morgan fingerprint density at radius 3 is 2.33 bits per heavy atom. The summed E-state index contributed by atoms with van der Waals surface area (Å²) in [6.07, 6.45) is 1.83. The molecule has 0 saturated carbocycles. The highest BCUT2D eigenvalue weighted by atomic mass is 32.1. The first-order valence-electron chi connectivity index (χ1n) is 11.1. The van der Waals surface area contributed by atoms with Crippen molar-refractivity contribution in [3.8, 4) is 34.4 Å². The molecule has 0 aliphatic heterocycles. The van der Waals surface area contributed by atoms with Crippen molar-refractivity contribution in [1.29, 1.82) is 0 Å². The Kier molecular flexibility index (Phi) is 6.55. The minimum Gasteiger partial charge on any atom is -0.493 e. The summed E-state index contributed by atoms with van der Waals surface area (Å²) in [5.41, 5.74) is 2.35. The van der Waals surface area contributed by atoms with Gasteiger partial charge in [0.05, 0.1) is 25.9 Å². The SMILES string of the molecule is COc1cc(-c2nnc3s/c(=C/c4cccc(OCc5ccccc5)c4)c(=O)n23)cc(OC)c1OC. The number of nitrogens with zero attached hydrogens (tertiary/aromatic N) is 3. The Morgan fingerprint density at radius 2 is 1.64 bits per heavy atom. The second kappa shape index (κ2) is 10.1.